The number of rotatable bonds is 3. The number of nitrogens with zero attached hydrogens (tertiary/aromatic N) is 1. The summed E-state index contributed by atoms with van der Waals surface area (Å²) in [5, 5.41) is 3.72. The van der Waals surface area contributed by atoms with Crippen molar-refractivity contribution in [3.8, 4) is 0 Å². The fourth-order valence-corrected chi connectivity index (χ4v) is 3.17. The van der Waals surface area contributed by atoms with Crippen LogP contribution < -0.4 is 5.32 Å². The van der Waals surface area contributed by atoms with Gasteiger partial charge in [0, 0.05) is 29.6 Å². The third kappa shape index (κ3) is 3.56. The van der Waals surface area contributed by atoms with Crippen molar-refractivity contribution in [2.75, 3.05) is 13.6 Å². The van der Waals surface area contributed by atoms with Gasteiger partial charge in [-0.05, 0) is 44.0 Å². The Hall–Kier alpha value is -0.380. The summed E-state index contributed by atoms with van der Waals surface area (Å²) in [4.78, 5) is 2.46. The first-order valence-electron chi connectivity index (χ1n) is 6.74. The fraction of sp³-hybridized carbons (Fsp3) is 0.600. The summed E-state index contributed by atoms with van der Waals surface area (Å²) in [6.45, 7) is 6.82. The molecule has 3 unspecified atom stereocenters. The van der Waals surface area contributed by atoms with Crippen LogP contribution in [0.5, 0.6) is 0 Å². The minimum atomic E-state index is 0.634. The molecule has 1 saturated heterocycles. The SMILES string of the molecule is CC1CN(C)C(C)CC1NCc1cccc(Br)c1. The molecule has 100 valence electrons. The number of benzene rings is 1. The van der Waals surface area contributed by atoms with E-state index in [1.807, 2.05) is 0 Å². The van der Waals surface area contributed by atoms with Crippen molar-refractivity contribution >= 4 is 15.9 Å². The summed E-state index contributed by atoms with van der Waals surface area (Å²) in [6, 6.07) is 9.86. The largest absolute Gasteiger partial charge is 0.310 e. The van der Waals surface area contributed by atoms with Gasteiger partial charge >= 0.3 is 0 Å². The van der Waals surface area contributed by atoms with Crippen molar-refractivity contribution < 1.29 is 0 Å². The second-order valence-corrected chi connectivity index (χ2v) is 6.53. The second-order valence-electron chi connectivity index (χ2n) is 5.62. The number of halogens is 1. The minimum Gasteiger partial charge on any atom is -0.310 e. The van der Waals surface area contributed by atoms with Gasteiger partial charge in [0.25, 0.3) is 0 Å². The lowest BCUT2D eigenvalue weighted by Crippen LogP contribution is -2.50. The molecular weight excluding hydrogens is 288 g/mol. The van der Waals surface area contributed by atoms with Crippen LogP contribution in [0.4, 0.5) is 0 Å². The van der Waals surface area contributed by atoms with Crippen molar-refractivity contribution in [1.29, 1.82) is 0 Å². The Bertz CT molecular complexity index is 394. The summed E-state index contributed by atoms with van der Waals surface area (Å²) in [5.41, 5.74) is 1.35. The van der Waals surface area contributed by atoms with E-state index in [-0.39, 0.29) is 0 Å². The van der Waals surface area contributed by atoms with Gasteiger partial charge < -0.3 is 10.2 Å². The zero-order chi connectivity index (χ0) is 13.1. The van der Waals surface area contributed by atoms with Crippen molar-refractivity contribution in [2.24, 2.45) is 5.92 Å². The van der Waals surface area contributed by atoms with E-state index in [4.69, 9.17) is 0 Å². The van der Waals surface area contributed by atoms with Crippen molar-refractivity contribution in [3.05, 3.63) is 34.3 Å². The maximum atomic E-state index is 3.72. The molecule has 0 spiro atoms. The summed E-state index contributed by atoms with van der Waals surface area (Å²) in [7, 11) is 2.23. The van der Waals surface area contributed by atoms with E-state index < -0.39 is 0 Å². The Labute approximate surface area is 119 Å². The molecule has 1 aromatic rings. The zero-order valence-corrected chi connectivity index (χ0v) is 13.1. The summed E-state index contributed by atoms with van der Waals surface area (Å²) >= 11 is 3.52. The predicted octanol–water partition coefficient (Wildman–Crippen LogP) is 3.27. The Morgan fingerprint density at radius 1 is 1.39 bits per heavy atom. The summed E-state index contributed by atoms with van der Waals surface area (Å²) in [6.07, 6.45) is 1.24. The van der Waals surface area contributed by atoms with Gasteiger partial charge in [-0.25, -0.2) is 0 Å². The van der Waals surface area contributed by atoms with Crippen LogP contribution in [-0.2, 0) is 6.54 Å². The van der Waals surface area contributed by atoms with Crippen LogP contribution in [0.15, 0.2) is 28.7 Å². The Morgan fingerprint density at radius 3 is 2.89 bits per heavy atom. The second kappa shape index (κ2) is 6.18. The lowest BCUT2D eigenvalue weighted by Gasteiger charge is -2.40. The average molecular weight is 311 g/mol. The van der Waals surface area contributed by atoms with Crippen molar-refractivity contribution in [1.82, 2.24) is 10.2 Å². The van der Waals surface area contributed by atoms with Crippen LogP contribution >= 0.6 is 15.9 Å². The van der Waals surface area contributed by atoms with E-state index in [0.717, 1.165) is 16.9 Å². The maximum absolute atomic E-state index is 3.72. The third-order valence-electron chi connectivity index (χ3n) is 4.07. The van der Waals surface area contributed by atoms with E-state index in [9.17, 15) is 0 Å². The molecular formula is C15H23BrN2. The predicted molar refractivity (Wildman–Crippen MR) is 80.6 cm³/mol. The lowest BCUT2D eigenvalue weighted by atomic mass is 9.90. The molecule has 1 N–H and O–H groups in total. The summed E-state index contributed by atoms with van der Waals surface area (Å²) < 4.78 is 1.16. The third-order valence-corrected chi connectivity index (χ3v) is 4.56. The molecule has 1 aliphatic heterocycles. The Kier molecular flexibility index (Phi) is 4.82. The molecule has 1 aromatic carbocycles. The average Bonchev–Trinajstić information content (AvgIpc) is 2.32. The molecule has 18 heavy (non-hydrogen) atoms. The maximum Gasteiger partial charge on any atom is 0.0208 e. The van der Waals surface area contributed by atoms with Crippen LogP contribution in [0.3, 0.4) is 0 Å². The van der Waals surface area contributed by atoms with Crippen molar-refractivity contribution in [3.63, 3.8) is 0 Å². The van der Waals surface area contributed by atoms with E-state index in [1.54, 1.807) is 0 Å². The zero-order valence-electron chi connectivity index (χ0n) is 11.5. The van der Waals surface area contributed by atoms with Gasteiger partial charge in [0.2, 0.25) is 0 Å². The van der Waals surface area contributed by atoms with Gasteiger partial charge in [-0.3, -0.25) is 0 Å². The standard InChI is InChI=1S/C15H23BrN2/c1-11-10-18(3)12(2)7-15(11)17-9-13-5-4-6-14(16)8-13/h4-6,8,11-12,15,17H,7,9-10H2,1-3H3. The molecule has 2 rings (SSSR count). The first-order chi connectivity index (χ1) is 8.56. The normalized spacial score (nSPS) is 29.4. The Morgan fingerprint density at radius 2 is 2.17 bits per heavy atom. The first-order valence-corrected chi connectivity index (χ1v) is 7.53. The van der Waals surface area contributed by atoms with Gasteiger partial charge in [0.05, 0.1) is 0 Å². The van der Waals surface area contributed by atoms with Gasteiger partial charge in [0.15, 0.2) is 0 Å². The topological polar surface area (TPSA) is 15.3 Å². The smallest absolute Gasteiger partial charge is 0.0208 e. The van der Waals surface area contributed by atoms with E-state index >= 15 is 0 Å². The lowest BCUT2D eigenvalue weighted by molar-refractivity contribution is 0.121. The molecule has 2 nitrogen and oxygen atoms in total. The number of hydrogen-bond acceptors (Lipinski definition) is 2. The highest BCUT2D eigenvalue weighted by atomic mass is 79.9. The van der Waals surface area contributed by atoms with Gasteiger partial charge in [-0.2, -0.15) is 0 Å². The van der Waals surface area contributed by atoms with Crippen LogP contribution in [0.2, 0.25) is 0 Å². The molecule has 0 radical (unpaired) electrons. The molecule has 1 aliphatic rings. The minimum absolute atomic E-state index is 0.634. The Balaban J connectivity index is 1.90. The highest BCUT2D eigenvalue weighted by molar-refractivity contribution is 9.10. The molecule has 1 fully saturated rings. The van der Waals surface area contributed by atoms with E-state index in [1.165, 1.54) is 18.5 Å². The first kappa shape index (κ1) is 14.0. The highest BCUT2D eigenvalue weighted by Gasteiger charge is 2.28. The molecule has 0 aliphatic carbocycles. The van der Waals surface area contributed by atoms with Gasteiger partial charge in [0.1, 0.15) is 0 Å². The molecule has 0 saturated carbocycles. The number of piperidine rings is 1. The molecule has 0 aromatic heterocycles. The van der Waals surface area contributed by atoms with E-state index in [0.29, 0.717) is 12.1 Å². The molecule has 3 atom stereocenters. The number of nitrogens with one attached hydrogen (secondary N) is 1. The highest BCUT2D eigenvalue weighted by Crippen LogP contribution is 2.21. The van der Waals surface area contributed by atoms with E-state index in [2.05, 4.69) is 71.3 Å². The van der Waals surface area contributed by atoms with Crippen LogP contribution in [0.25, 0.3) is 0 Å². The molecule has 1 heterocycles. The van der Waals surface area contributed by atoms with Crippen LogP contribution in [0.1, 0.15) is 25.8 Å². The molecule has 0 amide bonds. The monoisotopic (exact) mass is 310 g/mol. The molecule has 3 heteroatoms. The van der Waals surface area contributed by atoms with Crippen molar-refractivity contribution in [2.45, 2.75) is 38.9 Å². The number of likely N-dealkylation sites (tertiary alicyclic amines) is 1. The fourth-order valence-electron chi connectivity index (χ4n) is 2.72. The van der Waals surface area contributed by atoms with Gasteiger partial charge in [-0.15, -0.1) is 0 Å². The van der Waals surface area contributed by atoms with Crippen LogP contribution in [-0.4, -0.2) is 30.6 Å². The molecule has 0 bridgehead atoms. The number of hydrogen-bond donors (Lipinski definition) is 1. The van der Waals surface area contributed by atoms with Crippen LogP contribution in [0, 0.1) is 5.92 Å². The quantitative estimate of drug-likeness (QED) is 0.922. The summed E-state index contributed by atoms with van der Waals surface area (Å²) in [5.74, 6) is 0.721. The van der Waals surface area contributed by atoms with Gasteiger partial charge in [-0.1, -0.05) is 35.0 Å².